The van der Waals surface area contributed by atoms with E-state index < -0.39 is 5.63 Å². The Morgan fingerprint density at radius 1 is 1.64 bits per heavy atom. The highest BCUT2D eigenvalue weighted by molar-refractivity contribution is 5.48. The van der Waals surface area contributed by atoms with Crippen LogP contribution in [0.15, 0.2) is 20.5 Å². The number of nitroso groups, excluding NO2 is 1. The van der Waals surface area contributed by atoms with Gasteiger partial charge in [-0.05, 0) is 12.1 Å². The van der Waals surface area contributed by atoms with Gasteiger partial charge in [-0.3, -0.25) is 0 Å². The Labute approximate surface area is 61.8 Å². The first-order valence-corrected chi connectivity index (χ1v) is 2.88. The Morgan fingerprint density at radius 3 is 2.82 bits per heavy atom. The van der Waals surface area contributed by atoms with Gasteiger partial charge in [-0.1, -0.05) is 0 Å². The molecule has 1 rings (SSSR count). The smallest absolute Gasteiger partial charge is 0.342 e. The van der Waals surface area contributed by atoms with Crippen LogP contribution in [0.4, 0.5) is 11.6 Å². The lowest BCUT2D eigenvalue weighted by Gasteiger charge is -1.94. The third-order valence-electron chi connectivity index (χ3n) is 1.28. The maximum atomic E-state index is 10.8. The number of nitrogens with zero attached hydrogens (tertiary/aromatic N) is 1. The second-order valence-electron chi connectivity index (χ2n) is 2.04. The summed E-state index contributed by atoms with van der Waals surface area (Å²) in [5, 5.41) is 2.60. The number of nitrogens with two attached hydrogens (primary N) is 1. The Hall–Kier alpha value is -1.65. The van der Waals surface area contributed by atoms with Crippen LogP contribution in [0.1, 0.15) is 5.56 Å². The number of rotatable bonds is 1. The summed E-state index contributed by atoms with van der Waals surface area (Å²) in [6, 6.07) is 1.21. The Balaban J connectivity index is 3.48. The van der Waals surface area contributed by atoms with Gasteiger partial charge in [0.25, 0.3) is 0 Å². The predicted molar refractivity (Wildman–Crippen MR) is 39.6 cm³/mol. The minimum absolute atomic E-state index is 0.0266. The van der Waals surface area contributed by atoms with E-state index in [9.17, 15) is 9.70 Å². The van der Waals surface area contributed by atoms with E-state index in [0.29, 0.717) is 0 Å². The van der Waals surface area contributed by atoms with E-state index in [2.05, 4.69) is 9.59 Å². The number of anilines is 1. The van der Waals surface area contributed by atoms with E-state index in [1.54, 1.807) is 0 Å². The van der Waals surface area contributed by atoms with Crippen molar-refractivity contribution in [2.45, 2.75) is 6.92 Å². The van der Waals surface area contributed by atoms with Crippen molar-refractivity contribution in [1.82, 2.24) is 0 Å². The summed E-state index contributed by atoms with van der Waals surface area (Å²) < 4.78 is 4.47. The van der Waals surface area contributed by atoms with Crippen LogP contribution in [0.25, 0.3) is 0 Å². The monoisotopic (exact) mass is 154 g/mol. The minimum Gasteiger partial charge on any atom is -0.407 e. The highest BCUT2D eigenvalue weighted by Crippen LogP contribution is 2.16. The van der Waals surface area contributed by atoms with E-state index in [-0.39, 0.29) is 17.1 Å². The zero-order valence-electron chi connectivity index (χ0n) is 5.83. The average Bonchev–Trinajstić information content (AvgIpc) is 1.96. The average molecular weight is 154 g/mol. The Morgan fingerprint density at radius 2 is 2.27 bits per heavy atom. The topological polar surface area (TPSA) is 85.7 Å². The lowest BCUT2D eigenvalue weighted by atomic mass is 10.3. The molecule has 0 aromatic carbocycles. The van der Waals surface area contributed by atoms with Crippen LogP contribution in [0, 0.1) is 11.8 Å². The van der Waals surface area contributed by atoms with Gasteiger partial charge >= 0.3 is 5.63 Å². The van der Waals surface area contributed by atoms with E-state index in [1.807, 2.05) is 0 Å². The highest BCUT2D eigenvalue weighted by Gasteiger charge is 2.05. The third-order valence-corrected chi connectivity index (χ3v) is 1.28. The summed E-state index contributed by atoms with van der Waals surface area (Å²) in [6.45, 7) is 1.45. The molecule has 11 heavy (non-hydrogen) atoms. The van der Waals surface area contributed by atoms with Gasteiger partial charge in [-0.25, -0.2) is 4.79 Å². The first-order chi connectivity index (χ1) is 5.15. The SMILES string of the molecule is Cc1c(N=O)cc(N)oc1=O. The van der Waals surface area contributed by atoms with Crippen molar-refractivity contribution in [2.24, 2.45) is 5.18 Å². The van der Waals surface area contributed by atoms with E-state index in [4.69, 9.17) is 5.73 Å². The summed E-state index contributed by atoms with van der Waals surface area (Å²) in [5.74, 6) is -0.102. The fourth-order valence-corrected chi connectivity index (χ4v) is 0.655. The molecule has 1 aromatic rings. The molecule has 0 amide bonds. The van der Waals surface area contributed by atoms with Crippen molar-refractivity contribution in [3.8, 4) is 0 Å². The van der Waals surface area contributed by atoms with Gasteiger partial charge in [0.05, 0.1) is 5.56 Å². The lowest BCUT2D eigenvalue weighted by molar-refractivity contribution is 0.526. The van der Waals surface area contributed by atoms with Crippen molar-refractivity contribution in [2.75, 3.05) is 5.73 Å². The third kappa shape index (κ3) is 1.26. The van der Waals surface area contributed by atoms with Gasteiger partial charge in [-0.15, -0.1) is 4.91 Å². The maximum absolute atomic E-state index is 10.8. The Kier molecular flexibility index (Phi) is 1.72. The molecule has 0 radical (unpaired) electrons. The van der Waals surface area contributed by atoms with Crippen LogP contribution in [-0.4, -0.2) is 0 Å². The first-order valence-electron chi connectivity index (χ1n) is 2.88. The standard InChI is InChI=1S/C6H6N2O3/c1-3-4(8-10)2-5(7)11-6(3)9/h2H,7H2,1H3. The fourth-order valence-electron chi connectivity index (χ4n) is 0.655. The number of hydrogen-bond acceptors (Lipinski definition) is 5. The predicted octanol–water partition coefficient (Wildman–Crippen LogP) is 0.928. The summed E-state index contributed by atoms with van der Waals surface area (Å²) in [7, 11) is 0. The number of nitrogen functional groups attached to an aromatic ring is 1. The number of hydrogen-bond donors (Lipinski definition) is 1. The van der Waals surface area contributed by atoms with Crippen molar-refractivity contribution in [1.29, 1.82) is 0 Å². The van der Waals surface area contributed by atoms with Gasteiger partial charge in [0.1, 0.15) is 5.69 Å². The largest absolute Gasteiger partial charge is 0.407 e. The molecular weight excluding hydrogens is 148 g/mol. The van der Waals surface area contributed by atoms with Gasteiger partial charge in [0, 0.05) is 6.07 Å². The Bertz CT molecular complexity index is 342. The van der Waals surface area contributed by atoms with Crippen LogP contribution in [0.2, 0.25) is 0 Å². The van der Waals surface area contributed by atoms with Crippen LogP contribution in [0.3, 0.4) is 0 Å². The molecule has 5 nitrogen and oxygen atoms in total. The summed E-state index contributed by atoms with van der Waals surface area (Å²) in [6.07, 6.45) is 0. The molecule has 0 aliphatic heterocycles. The van der Waals surface area contributed by atoms with Crippen LogP contribution in [0.5, 0.6) is 0 Å². The summed E-state index contributed by atoms with van der Waals surface area (Å²) in [5.41, 5.74) is 4.71. The van der Waals surface area contributed by atoms with Crippen molar-refractivity contribution in [3.63, 3.8) is 0 Å². The molecule has 0 fully saturated rings. The second kappa shape index (κ2) is 2.53. The van der Waals surface area contributed by atoms with E-state index in [0.717, 1.165) is 0 Å². The van der Waals surface area contributed by atoms with Gasteiger partial charge < -0.3 is 10.2 Å². The fraction of sp³-hybridized carbons (Fsp3) is 0.167. The molecule has 1 heterocycles. The molecule has 0 aliphatic rings. The van der Waals surface area contributed by atoms with Crippen LogP contribution in [-0.2, 0) is 0 Å². The van der Waals surface area contributed by atoms with Gasteiger partial charge in [0.2, 0.25) is 0 Å². The molecule has 0 aliphatic carbocycles. The molecule has 0 bridgehead atoms. The van der Waals surface area contributed by atoms with Crippen molar-refractivity contribution >= 4 is 11.6 Å². The zero-order valence-corrected chi connectivity index (χ0v) is 5.83. The quantitative estimate of drug-likeness (QED) is 0.609. The second-order valence-corrected chi connectivity index (χ2v) is 2.04. The summed E-state index contributed by atoms with van der Waals surface area (Å²) in [4.78, 5) is 20.8. The van der Waals surface area contributed by atoms with Crippen molar-refractivity contribution < 1.29 is 4.42 Å². The molecule has 0 spiro atoms. The van der Waals surface area contributed by atoms with E-state index in [1.165, 1.54) is 13.0 Å². The van der Waals surface area contributed by atoms with Crippen LogP contribution >= 0.6 is 0 Å². The maximum Gasteiger partial charge on any atom is 0.342 e. The zero-order chi connectivity index (χ0) is 8.43. The summed E-state index contributed by atoms with van der Waals surface area (Å²) >= 11 is 0. The molecule has 2 N–H and O–H groups in total. The molecule has 1 aromatic heterocycles. The van der Waals surface area contributed by atoms with Gasteiger partial charge in [0.15, 0.2) is 5.88 Å². The molecule has 0 unspecified atom stereocenters. The molecule has 58 valence electrons. The molecular formula is C6H6N2O3. The normalized spacial score (nSPS) is 9.55. The molecule has 0 saturated carbocycles. The van der Waals surface area contributed by atoms with Crippen molar-refractivity contribution in [3.05, 3.63) is 27.0 Å². The van der Waals surface area contributed by atoms with Gasteiger partial charge in [-0.2, -0.15) is 0 Å². The first kappa shape index (κ1) is 7.46. The highest BCUT2D eigenvalue weighted by atomic mass is 16.4. The molecule has 0 saturated heterocycles. The minimum atomic E-state index is -0.625. The molecule has 0 atom stereocenters. The van der Waals surface area contributed by atoms with E-state index >= 15 is 0 Å². The van der Waals surface area contributed by atoms with Crippen LogP contribution < -0.4 is 11.4 Å². The lowest BCUT2D eigenvalue weighted by Crippen LogP contribution is -2.04. The molecule has 5 heteroatoms.